The summed E-state index contributed by atoms with van der Waals surface area (Å²) in [5.41, 5.74) is 0. The SMILES string of the molecule is CCOC(=O)/C=C/CN(C)C(C)CC. The van der Waals surface area contributed by atoms with Crippen LogP contribution in [-0.2, 0) is 9.53 Å². The van der Waals surface area contributed by atoms with Crippen LogP contribution < -0.4 is 0 Å². The molecule has 0 aliphatic carbocycles. The molecule has 0 radical (unpaired) electrons. The first kappa shape index (κ1) is 13.2. The van der Waals surface area contributed by atoms with E-state index in [0.29, 0.717) is 12.6 Å². The van der Waals surface area contributed by atoms with Gasteiger partial charge in [-0.1, -0.05) is 13.0 Å². The van der Waals surface area contributed by atoms with Gasteiger partial charge in [0.25, 0.3) is 0 Å². The maximum Gasteiger partial charge on any atom is 0.330 e. The molecule has 1 unspecified atom stereocenters. The van der Waals surface area contributed by atoms with Crippen LogP contribution in [0.1, 0.15) is 27.2 Å². The van der Waals surface area contributed by atoms with Gasteiger partial charge >= 0.3 is 5.97 Å². The molecule has 82 valence electrons. The molecular weight excluding hydrogens is 178 g/mol. The fraction of sp³-hybridized carbons (Fsp3) is 0.727. The highest BCUT2D eigenvalue weighted by Gasteiger charge is 2.03. The van der Waals surface area contributed by atoms with Crippen molar-refractivity contribution in [3.05, 3.63) is 12.2 Å². The zero-order valence-corrected chi connectivity index (χ0v) is 9.62. The summed E-state index contributed by atoms with van der Waals surface area (Å²) in [6.45, 7) is 7.34. The largest absolute Gasteiger partial charge is 0.463 e. The van der Waals surface area contributed by atoms with E-state index in [2.05, 4.69) is 18.7 Å². The van der Waals surface area contributed by atoms with Gasteiger partial charge in [-0.15, -0.1) is 0 Å². The molecule has 0 N–H and O–H groups in total. The van der Waals surface area contributed by atoms with Crippen molar-refractivity contribution in [1.29, 1.82) is 0 Å². The van der Waals surface area contributed by atoms with Crippen LogP contribution in [0.15, 0.2) is 12.2 Å². The Labute approximate surface area is 86.7 Å². The summed E-state index contributed by atoms with van der Waals surface area (Å²) in [6, 6.07) is 0.543. The van der Waals surface area contributed by atoms with Gasteiger partial charge in [-0.3, -0.25) is 0 Å². The number of nitrogens with zero attached hydrogens (tertiary/aromatic N) is 1. The molecule has 0 spiro atoms. The lowest BCUT2D eigenvalue weighted by molar-refractivity contribution is -0.137. The highest BCUT2D eigenvalue weighted by Crippen LogP contribution is 1.99. The molecule has 1 atom stereocenters. The summed E-state index contributed by atoms with van der Waals surface area (Å²) in [5.74, 6) is -0.259. The van der Waals surface area contributed by atoms with Crippen LogP contribution in [-0.4, -0.2) is 37.1 Å². The molecule has 0 aromatic carbocycles. The zero-order valence-electron chi connectivity index (χ0n) is 9.62. The van der Waals surface area contributed by atoms with E-state index >= 15 is 0 Å². The summed E-state index contributed by atoms with van der Waals surface area (Å²) in [7, 11) is 2.05. The summed E-state index contributed by atoms with van der Waals surface area (Å²) in [5, 5.41) is 0. The molecule has 0 aromatic heterocycles. The monoisotopic (exact) mass is 199 g/mol. The molecule has 0 aliphatic rings. The number of hydrogen-bond acceptors (Lipinski definition) is 3. The lowest BCUT2D eigenvalue weighted by atomic mass is 10.2. The van der Waals surface area contributed by atoms with Crippen LogP contribution in [0.25, 0.3) is 0 Å². The lowest BCUT2D eigenvalue weighted by Crippen LogP contribution is -2.28. The minimum atomic E-state index is -0.259. The second-order valence-corrected chi connectivity index (χ2v) is 3.35. The Kier molecular flexibility index (Phi) is 7.11. The minimum absolute atomic E-state index is 0.259. The van der Waals surface area contributed by atoms with Crippen molar-refractivity contribution in [1.82, 2.24) is 4.90 Å². The van der Waals surface area contributed by atoms with Crippen molar-refractivity contribution in [3.8, 4) is 0 Å². The van der Waals surface area contributed by atoms with Gasteiger partial charge in [-0.05, 0) is 27.3 Å². The molecule has 0 fully saturated rings. The molecule has 0 saturated carbocycles. The van der Waals surface area contributed by atoms with Crippen molar-refractivity contribution in [3.63, 3.8) is 0 Å². The molecular formula is C11H21NO2. The fourth-order valence-corrected chi connectivity index (χ4v) is 0.997. The van der Waals surface area contributed by atoms with Crippen LogP contribution >= 0.6 is 0 Å². The second-order valence-electron chi connectivity index (χ2n) is 3.35. The Balaban J connectivity index is 3.75. The molecule has 0 heterocycles. The van der Waals surface area contributed by atoms with Crippen LogP contribution in [0.3, 0.4) is 0 Å². The van der Waals surface area contributed by atoms with Crippen molar-refractivity contribution >= 4 is 5.97 Å². The first-order chi connectivity index (χ1) is 6.61. The van der Waals surface area contributed by atoms with Gasteiger partial charge in [0.15, 0.2) is 0 Å². The Bertz CT molecular complexity index is 190. The fourth-order valence-electron chi connectivity index (χ4n) is 0.997. The van der Waals surface area contributed by atoms with E-state index in [1.165, 1.54) is 6.08 Å². The number of rotatable bonds is 6. The first-order valence-electron chi connectivity index (χ1n) is 5.15. The normalized spacial score (nSPS) is 13.5. The van der Waals surface area contributed by atoms with E-state index in [0.717, 1.165) is 13.0 Å². The molecule has 0 amide bonds. The smallest absolute Gasteiger partial charge is 0.330 e. The highest BCUT2D eigenvalue weighted by atomic mass is 16.5. The van der Waals surface area contributed by atoms with Crippen molar-refractivity contribution in [2.75, 3.05) is 20.2 Å². The van der Waals surface area contributed by atoms with Crippen LogP contribution in [0.4, 0.5) is 0 Å². The zero-order chi connectivity index (χ0) is 11.0. The predicted octanol–water partition coefficient (Wildman–Crippen LogP) is 1.84. The third-order valence-corrected chi connectivity index (χ3v) is 2.28. The average molecular weight is 199 g/mol. The first-order valence-corrected chi connectivity index (χ1v) is 5.15. The van der Waals surface area contributed by atoms with Gasteiger partial charge < -0.3 is 9.64 Å². The number of carbonyl (C=O) groups is 1. The van der Waals surface area contributed by atoms with E-state index in [9.17, 15) is 4.79 Å². The topological polar surface area (TPSA) is 29.5 Å². The summed E-state index contributed by atoms with van der Waals surface area (Å²) in [6.07, 6.45) is 4.44. The molecule has 3 heteroatoms. The van der Waals surface area contributed by atoms with Crippen LogP contribution in [0, 0.1) is 0 Å². The number of ether oxygens (including phenoxy) is 1. The summed E-state index contributed by atoms with van der Waals surface area (Å²) in [4.78, 5) is 13.1. The number of hydrogen-bond donors (Lipinski definition) is 0. The van der Waals surface area contributed by atoms with Gasteiger partial charge in [-0.2, -0.15) is 0 Å². The van der Waals surface area contributed by atoms with Crippen molar-refractivity contribution in [2.24, 2.45) is 0 Å². The van der Waals surface area contributed by atoms with Crippen molar-refractivity contribution in [2.45, 2.75) is 33.2 Å². The highest BCUT2D eigenvalue weighted by molar-refractivity contribution is 5.81. The number of likely N-dealkylation sites (N-methyl/N-ethyl adjacent to an activating group) is 1. The predicted molar refractivity (Wildman–Crippen MR) is 58.2 cm³/mol. The Morgan fingerprint density at radius 1 is 1.50 bits per heavy atom. The average Bonchev–Trinajstić information content (AvgIpc) is 2.16. The Hall–Kier alpha value is -0.830. The number of carbonyl (C=O) groups excluding carboxylic acids is 1. The lowest BCUT2D eigenvalue weighted by Gasteiger charge is -2.21. The second kappa shape index (κ2) is 7.56. The van der Waals surface area contributed by atoms with Gasteiger partial charge in [0, 0.05) is 18.7 Å². The maximum absolute atomic E-state index is 10.9. The van der Waals surface area contributed by atoms with E-state index in [-0.39, 0.29) is 5.97 Å². The van der Waals surface area contributed by atoms with E-state index in [1.807, 2.05) is 13.1 Å². The van der Waals surface area contributed by atoms with Gasteiger partial charge in [0.2, 0.25) is 0 Å². The Morgan fingerprint density at radius 3 is 2.64 bits per heavy atom. The summed E-state index contributed by atoms with van der Waals surface area (Å²) < 4.78 is 4.77. The molecule has 0 aliphatic heterocycles. The van der Waals surface area contributed by atoms with Gasteiger partial charge in [0.05, 0.1) is 6.61 Å². The molecule has 3 nitrogen and oxygen atoms in total. The summed E-state index contributed by atoms with van der Waals surface area (Å²) >= 11 is 0. The van der Waals surface area contributed by atoms with E-state index in [1.54, 1.807) is 6.92 Å². The van der Waals surface area contributed by atoms with E-state index < -0.39 is 0 Å². The standard InChI is InChI=1S/C11H21NO2/c1-5-10(3)12(4)9-7-8-11(13)14-6-2/h7-8,10H,5-6,9H2,1-4H3/b8-7+. The maximum atomic E-state index is 10.9. The molecule has 0 saturated heterocycles. The van der Waals surface area contributed by atoms with Crippen LogP contribution in [0.5, 0.6) is 0 Å². The third kappa shape index (κ3) is 5.75. The quantitative estimate of drug-likeness (QED) is 0.483. The van der Waals surface area contributed by atoms with Gasteiger partial charge in [-0.25, -0.2) is 4.79 Å². The molecule has 0 bridgehead atoms. The van der Waals surface area contributed by atoms with Gasteiger partial charge in [0.1, 0.15) is 0 Å². The van der Waals surface area contributed by atoms with Crippen LogP contribution in [0.2, 0.25) is 0 Å². The molecule has 0 rings (SSSR count). The molecule has 14 heavy (non-hydrogen) atoms. The number of esters is 1. The Morgan fingerprint density at radius 2 is 2.14 bits per heavy atom. The molecule has 0 aromatic rings. The third-order valence-electron chi connectivity index (χ3n) is 2.28. The van der Waals surface area contributed by atoms with E-state index in [4.69, 9.17) is 4.74 Å². The van der Waals surface area contributed by atoms with Crippen molar-refractivity contribution < 1.29 is 9.53 Å². The minimum Gasteiger partial charge on any atom is -0.463 e.